The molecule has 0 fully saturated rings. The van der Waals surface area contributed by atoms with Crippen molar-refractivity contribution in [2.45, 2.75) is 18.6 Å². The molecule has 0 spiro atoms. The van der Waals surface area contributed by atoms with Crippen LogP contribution in [0.25, 0.3) is 6.08 Å². The van der Waals surface area contributed by atoms with Crippen molar-refractivity contribution < 1.29 is 14.7 Å². The molecule has 0 aliphatic carbocycles. The first kappa shape index (κ1) is 21.3. The zero-order valence-corrected chi connectivity index (χ0v) is 18.0. The summed E-state index contributed by atoms with van der Waals surface area (Å²) in [5.74, 6) is -0.948. The summed E-state index contributed by atoms with van der Waals surface area (Å²) in [6, 6.07) is 21.4. The van der Waals surface area contributed by atoms with Gasteiger partial charge < -0.3 is 10.0 Å². The third-order valence-corrected chi connectivity index (χ3v) is 5.88. The average Bonchev–Trinajstić information content (AvgIpc) is 2.96. The third-order valence-electron chi connectivity index (χ3n) is 5.27. The summed E-state index contributed by atoms with van der Waals surface area (Å²) >= 11 is 12.4. The molecular weight excluding hydrogens is 433 g/mol. The van der Waals surface area contributed by atoms with E-state index in [4.69, 9.17) is 23.2 Å². The summed E-state index contributed by atoms with van der Waals surface area (Å²) in [6.07, 6.45) is 2.65. The summed E-state index contributed by atoms with van der Waals surface area (Å²) in [6.45, 7) is 0.170. The number of anilines is 1. The number of nitrogens with zero attached hydrogens (tertiary/aromatic N) is 1. The molecule has 0 radical (unpaired) electrons. The molecule has 0 aromatic heterocycles. The average molecular weight is 452 g/mol. The van der Waals surface area contributed by atoms with Gasteiger partial charge in [0, 0.05) is 15.6 Å². The number of benzene rings is 3. The molecule has 0 saturated carbocycles. The van der Waals surface area contributed by atoms with E-state index >= 15 is 0 Å². The highest BCUT2D eigenvalue weighted by atomic mass is 35.5. The van der Waals surface area contributed by atoms with Crippen LogP contribution in [0.15, 0.2) is 78.9 Å². The van der Waals surface area contributed by atoms with Gasteiger partial charge in [0.05, 0.1) is 18.7 Å². The molecule has 1 unspecified atom stereocenters. The third kappa shape index (κ3) is 4.28. The molecule has 156 valence electrons. The second-order valence-corrected chi connectivity index (χ2v) is 8.24. The van der Waals surface area contributed by atoms with E-state index in [1.54, 1.807) is 30.3 Å². The lowest BCUT2D eigenvalue weighted by Gasteiger charge is -2.22. The van der Waals surface area contributed by atoms with Crippen LogP contribution in [0, 0.1) is 0 Å². The number of amides is 1. The number of fused-ring (bicyclic) bond motifs is 1. The van der Waals surface area contributed by atoms with E-state index in [9.17, 15) is 14.7 Å². The van der Waals surface area contributed by atoms with E-state index in [0.29, 0.717) is 21.3 Å². The Morgan fingerprint density at radius 2 is 1.71 bits per heavy atom. The fourth-order valence-electron chi connectivity index (χ4n) is 3.71. The van der Waals surface area contributed by atoms with Gasteiger partial charge in [0.15, 0.2) is 11.4 Å². The maximum atomic E-state index is 13.3. The van der Waals surface area contributed by atoms with Crippen molar-refractivity contribution in [1.29, 1.82) is 0 Å². The number of halogens is 2. The van der Waals surface area contributed by atoms with Gasteiger partial charge in [-0.1, -0.05) is 77.8 Å². The molecule has 3 aromatic rings. The number of carbonyl (C=O) groups excluding carboxylic acids is 2. The van der Waals surface area contributed by atoms with Crippen LogP contribution in [0.3, 0.4) is 0 Å². The predicted octanol–water partition coefficient (Wildman–Crippen LogP) is 5.40. The minimum atomic E-state index is -2.00. The van der Waals surface area contributed by atoms with Crippen molar-refractivity contribution in [3.63, 3.8) is 0 Å². The van der Waals surface area contributed by atoms with Crippen LogP contribution >= 0.6 is 23.2 Å². The number of allylic oxidation sites excluding steroid dienone is 1. The lowest BCUT2D eigenvalue weighted by molar-refractivity contribution is -0.140. The Kier molecular flexibility index (Phi) is 5.96. The Balaban J connectivity index is 1.65. The van der Waals surface area contributed by atoms with Crippen LogP contribution in [0.2, 0.25) is 10.0 Å². The number of rotatable bonds is 6. The molecule has 6 heteroatoms. The Labute approximate surface area is 190 Å². The normalized spacial score (nSPS) is 17.9. The fraction of sp³-hybridized carbons (Fsp3) is 0.120. The maximum Gasteiger partial charge on any atom is 0.264 e. The summed E-state index contributed by atoms with van der Waals surface area (Å²) in [5, 5.41) is 12.3. The standard InChI is InChI=1S/C25H19Cl2NO3/c26-19-11-13-23-21(14-19)25(31,15-20(29)12-10-17-6-2-1-3-7-17)24(30)28(23)16-18-8-4-5-9-22(18)27/h1-14,31H,15-16H2/b12-10+. The van der Waals surface area contributed by atoms with E-state index in [0.717, 1.165) is 11.1 Å². The molecule has 4 nitrogen and oxygen atoms in total. The SMILES string of the molecule is O=C(/C=C/c1ccccc1)CC1(O)C(=O)N(Cc2ccccc2Cl)c2ccc(Cl)cc21. The van der Waals surface area contributed by atoms with Gasteiger partial charge in [-0.2, -0.15) is 0 Å². The summed E-state index contributed by atoms with van der Waals surface area (Å²) in [4.78, 5) is 27.4. The number of hydrogen-bond acceptors (Lipinski definition) is 3. The summed E-state index contributed by atoms with van der Waals surface area (Å²) in [7, 11) is 0. The van der Waals surface area contributed by atoms with Gasteiger partial charge in [-0.3, -0.25) is 9.59 Å². The second-order valence-electron chi connectivity index (χ2n) is 7.39. The largest absolute Gasteiger partial charge is 0.375 e. The second kappa shape index (κ2) is 8.67. The molecule has 0 bridgehead atoms. The van der Waals surface area contributed by atoms with E-state index in [2.05, 4.69) is 0 Å². The lowest BCUT2D eigenvalue weighted by atomic mass is 9.89. The first-order valence-corrected chi connectivity index (χ1v) is 10.5. The zero-order valence-electron chi connectivity index (χ0n) is 16.5. The molecule has 1 N–H and O–H groups in total. The number of ketones is 1. The van der Waals surface area contributed by atoms with Crippen molar-refractivity contribution in [3.8, 4) is 0 Å². The summed E-state index contributed by atoms with van der Waals surface area (Å²) in [5.41, 5.74) is 0.414. The predicted molar refractivity (Wildman–Crippen MR) is 123 cm³/mol. The first-order chi connectivity index (χ1) is 14.9. The molecule has 31 heavy (non-hydrogen) atoms. The van der Waals surface area contributed by atoms with Gasteiger partial charge in [-0.15, -0.1) is 0 Å². The molecule has 1 aliphatic rings. The minimum absolute atomic E-state index is 0.170. The summed E-state index contributed by atoms with van der Waals surface area (Å²) < 4.78 is 0. The quantitative estimate of drug-likeness (QED) is 0.510. The molecule has 1 atom stereocenters. The molecular formula is C25H19Cl2NO3. The molecule has 1 amide bonds. The van der Waals surface area contributed by atoms with Crippen LogP contribution in [0.5, 0.6) is 0 Å². The Hall–Kier alpha value is -2.92. The zero-order chi connectivity index (χ0) is 22.0. The first-order valence-electron chi connectivity index (χ1n) is 9.72. The monoisotopic (exact) mass is 451 g/mol. The highest BCUT2D eigenvalue weighted by molar-refractivity contribution is 6.31. The van der Waals surface area contributed by atoms with Crippen molar-refractivity contribution in [1.82, 2.24) is 0 Å². The van der Waals surface area contributed by atoms with Crippen LogP contribution in [0.1, 0.15) is 23.1 Å². The van der Waals surface area contributed by atoms with Crippen LogP contribution < -0.4 is 4.90 Å². The number of carbonyl (C=O) groups is 2. The van der Waals surface area contributed by atoms with Crippen molar-refractivity contribution in [2.24, 2.45) is 0 Å². The van der Waals surface area contributed by atoms with Gasteiger partial charge in [-0.05, 0) is 41.5 Å². The van der Waals surface area contributed by atoms with Crippen molar-refractivity contribution >= 4 is 46.7 Å². The Morgan fingerprint density at radius 1 is 1.00 bits per heavy atom. The smallest absolute Gasteiger partial charge is 0.264 e. The van der Waals surface area contributed by atoms with Gasteiger partial charge in [-0.25, -0.2) is 0 Å². The minimum Gasteiger partial charge on any atom is -0.375 e. The van der Waals surface area contributed by atoms with Gasteiger partial charge in [0.2, 0.25) is 0 Å². The van der Waals surface area contributed by atoms with Crippen molar-refractivity contribution in [3.05, 3.63) is 106 Å². The van der Waals surface area contributed by atoms with E-state index in [1.165, 1.54) is 17.0 Å². The highest BCUT2D eigenvalue weighted by Gasteiger charge is 2.50. The topological polar surface area (TPSA) is 57.6 Å². The Bertz CT molecular complexity index is 1180. The van der Waals surface area contributed by atoms with Crippen molar-refractivity contribution in [2.75, 3.05) is 4.90 Å². The number of aliphatic hydroxyl groups is 1. The highest BCUT2D eigenvalue weighted by Crippen LogP contribution is 2.44. The van der Waals surface area contributed by atoms with Crippen LogP contribution in [0.4, 0.5) is 5.69 Å². The van der Waals surface area contributed by atoms with Crippen LogP contribution in [-0.2, 0) is 21.7 Å². The maximum absolute atomic E-state index is 13.3. The molecule has 1 aliphatic heterocycles. The van der Waals surface area contributed by atoms with Crippen LogP contribution in [-0.4, -0.2) is 16.8 Å². The van der Waals surface area contributed by atoms with E-state index in [-0.39, 0.29) is 18.7 Å². The molecule has 4 rings (SSSR count). The molecule has 3 aromatic carbocycles. The van der Waals surface area contributed by atoms with Gasteiger partial charge >= 0.3 is 0 Å². The van der Waals surface area contributed by atoms with E-state index < -0.39 is 11.5 Å². The number of hydrogen-bond donors (Lipinski definition) is 1. The van der Waals surface area contributed by atoms with Gasteiger partial charge in [0.25, 0.3) is 5.91 Å². The molecule has 0 saturated heterocycles. The lowest BCUT2D eigenvalue weighted by Crippen LogP contribution is -2.41. The van der Waals surface area contributed by atoms with E-state index in [1.807, 2.05) is 42.5 Å². The Morgan fingerprint density at radius 3 is 2.45 bits per heavy atom. The fourth-order valence-corrected chi connectivity index (χ4v) is 4.08. The van der Waals surface area contributed by atoms with Gasteiger partial charge in [0.1, 0.15) is 0 Å². The molecule has 1 heterocycles.